The molecular weight excluding hydrogens is 407 g/mol. The summed E-state index contributed by atoms with van der Waals surface area (Å²) in [5.41, 5.74) is 2.56. The second-order valence-corrected chi connectivity index (χ2v) is 7.74. The molecule has 0 radical (unpaired) electrons. The fraction of sp³-hybridized carbons (Fsp3) is 0.364. The standard InChI is InChI=1S/C22H26BrFN2O/c1-25-11-5-3-4-6-12-27-17-8-10-18(21(24)14-17)20-15-26(2)22-13-16(23)7-9-19(20)22/h7-10,13-15,25H,3-6,11-12H2,1-2H3. The van der Waals surface area contributed by atoms with Gasteiger partial charge in [0.25, 0.3) is 0 Å². The van der Waals surface area contributed by atoms with E-state index in [0.717, 1.165) is 40.3 Å². The lowest BCUT2D eigenvalue weighted by Crippen LogP contribution is -2.07. The number of aromatic nitrogens is 1. The monoisotopic (exact) mass is 432 g/mol. The summed E-state index contributed by atoms with van der Waals surface area (Å²) in [7, 11) is 3.95. The van der Waals surface area contributed by atoms with Gasteiger partial charge < -0.3 is 14.6 Å². The first-order chi connectivity index (χ1) is 13.1. The molecule has 0 fully saturated rings. The predicted molar refractivity (Wildman–Crippen MR) is 114 cm³/mol. The van der Waals surface area contributed by atoms with E-state index in [1.807, 2.05) is 55.2 Å². The minimum Gasteiger partial charge on any atom is -0.493 e. The molecule has 3 rings (SSSR count). The summed E-state index contributed by atoms with van der Waals surface area (Å²) in [6.45, 7) is 1.68. The van der Waals surface area contributed by atoms with Gasteiger partial charge in [0.05, 0.1) is 6.61 Å². The van der Waals surface area contributed by atoms with Crippen molar-refractivity contribution in [2.75, 3.05) is 20.2 Å². The molecule has 0 saturated carbocycles. The van der Waals surface area contributed by atoms with Crippen LogP contribution in [0.1, 0.15) is 25.7 Å². The fourth-order valence-corrected chi connectivity index (χ4v) is 3.67. The van der Waals surface area contributed by atoms with Gasteiger partial charge in [0.2, 0.25) is 0 Å². The Kier molecular flexibility index (Phi) is 6.91. The average Bonchev–Trinajstić information content (AvgIpc) is 2.97. The molecule has 0 unspecified atom stereocenters. The molecular formula is C22H26BrFN2O. The number of halogens is 2. The van der Waals surface area contributed by atoms with E-state index in [-0.39, 0.29) is 5.82 Å². The number of ether oxygens (including phenoxy) is 1. The summed E-state index contributed by atoms with van der Waals surface area (Å²) >= 11 is 3.50. The lowest BCUT2D eigenvalue weighted by atomic mass is 10.0. The zero-order valence-electron chi connectivity index (χ0n) is 15.9. The van der Waals surface area contributed by atoms with Crippen molar-refractivity contribution in [2.45, 2.75) is 25.7 Å². The van der Waals surface area contributed by atoms with Crippen LogP contribution in [-0.4, -0.2) is 24.8 Å². The molecule has 5 heteroatoms. The third kappa shape index (κ3) is 4.90. The Morgan fingerprint density at radius 3 is 2.63 bits per heavy atom. The summed E-state index contributed by atoms with van der Waals surface area (Å²) < 4.78 is 23.5. The Labute approximate surface area is 168 Å². The molecule has 144 valence electrons. The van der Waals surface area contributed by atoms with Crippen molar-refractivity contribution in [1.82, 2.24) is 9.88 Å². The number of nitrogens with one attached hydrogen (secondary N) is 1. The van der Waals surface area contributed by atoms with E-state index in [4.69, 9.17) is 4.74 Å². The molecule has 1 heterocycles. The van der Waals surface area contributed by atoms with Crippen molar-refractivity contribution in [2.24, 2.45) is 7.05 Å². The quantitative estimate of drug-likeness (QED) is 0.425. The lowest BCUT2D eigenvalue weighted by molar-refractivity contribution is 0.303. The molecule has 0 bridgehead atoms. The summed E-state index contributed by atoms with van der Waals surface area (Å²) in [4.78, 5) is 0. The number of rotatable bonds is 9. The van der Waals surface area contributed by atoms with Crippen LogP contribution >= 0.6 is 15.9 Å². The van der Waals surface area contributed by atoms with E-state index in [1.165, 1.54) is 18.9 Å². The zero-order chi connectivity index (χ0) is 19.2. The number of hydrogen-bond acceptors (Lipinski definition) is 2. The fourth-order valence-electron chi connectivity index (χ4n) is 3.32. The Hall–Kier alpha value is -1.85. The van der Waals surface area contributed by atoms with Gasteiger partial charge in [0.1, 0.15) is 11.6 Å². The van der Waals surface area contributed by atoms with Crippen molar-refractivity contribution in [3.05, 3.63) is 52.9 Å². The SMILES string of the molecule is CNCCCCCCOc1ccc(-c2cn(C)c3cc(Br)ccc23)c(F)c1. The molecule has 27 heavy (non-hydrogen) atoms. The van der Waals surface area contributed by atoms with Crippen molar-refractivity contribution in [3.63, 3.8) is 0 Å². The molecule has 0 saturated heterocycles. The van der Waals surface area contributed by atoms with Crippen LogP contribution in [0.25, 0.3) is 22.0 Å². The van der Waals surface area contributed by atoms with Crippen LogP contribution in [0, 0.1) is 5.82 Å². The second kappa shape index (κ2) is 9.38. The number of benzene rings is 2. The molecule has 0 aliphatic rings. The summed E-state index contributed by atoms with van der Waals surface area (Å²) in [6, 6.07) is 11.2. The van der Waals surface area contributed by atoms with Crippen LogP contribution in [0.4, 0.5) is 4.39 Å². The van der Waals surface area contributed by atoms with Gasteiger partial charge in [-0.3, -0.25) is 0 Å². The van der Waals surface area contributed by atoms with Crippen molar-refractivity contribution < 1.29 is 9.13 Å². The van der Waals surface area contributed by atoms with E-state index in [1.54, 1.807) is 0 Å². The Balaban J connectivity index is 1.67. The lowest BCUT2D eigenvalue weighted by Gasteiger charge is -2.08. The van der Waals surface area contributed by atoms with E-state index < -0.39 is 0 Å². The topological polar surface area (TPSA) is 26.2 Å². The van der Waals surface area contributed by atoms with Crippen LogP contribution in [0.3, 0.4) is 0 Å². The van der Waals surface area contributed by atoms with Gasteiger partial charge in [-0.25, -0.2) is 4.39 Å². The normalized spacial score (nSPS) is 11.3. The van der Waals surface area contributed by atoms with Gasteiger partial charge in [0.15, 0.2) is 0 Å². The van der Waals surface area contributed by atoms with Crippen LogP contribution in [-0.2, 0) is 7.05 Å². The largest absolute Gasteiger partial charge is 0.493 e. The first kappa shape index (κ1) is 19.9. The first-order valence-corrected chi connectivity index (χ1v) is 10.2. The molecule has 0 amide bonds. The number of aryl methyl sites for hydroxylation is 1. The number of nitrogens with zero attached hydrogens (tertiary/aromatic N) is 1. The average molecular weight is 433 g/mol. The predicted octanol–water partition coefficient (Wildman–Crippen LogP) is 5.91. The molecule has 0 atom stereocenters. The Bertz CT molecular complexity index is 907. The Morgan fingerprint density at radius 1 is 1.04 bits per heavy atom. The number of hydrogen-bond donors (Lipinski definition) is 1. The van der Waals surface area contributed by atoms with E-state index in [9.17, 15) is 4.39 Å². The highest BCUT2D eigenvalue weighted by Gasteiger charge is 2.13. The minimum absolute atomic E-state index is 0.253. The molecule has 3 nitrogen and oxygen atoms in total. The second-order valence-electron chi connectivity index (χ2n) is 6.82. The van der Waals surface area contributed by atoms with E-state index >= 15 is 0 Å². The molecule has 0 aliphatic carbocycles. The summed E-state index contributed by atoms with van der Waals surface area (Å²) in [6.07, 6.45) is 6.47. The van der Waals surface area contributed by atoms with Gasteiger partial charge in [-0.2, -0.15) is 0 Å². The number of unbranched alkanes of at least 4 members (excludes halogenated alkanes) is 3. The maximum Gasteiger partial charge on any atom is 0.134 e. The van der Waals surface area contributed by atoms with Crippen LogP contribution in [0.2, 0.25) is 0 Å². The van der Waals surface area contributed by atoms with Crippen molar-refractivity contribution in [3.8, 4) is 16.9 Å². The van der Waals surface area contributed by atoms with Gasteiger partial charge in [-0.15, -0.1) is 0 Å². The minimum atomic E-state index is -0.253. The third-order valence-corrected chi connectivity index (χ3v) is 5.27. The van der Waals surface area contributed by atoms with E-state index in [2.05, 4.69) is 21.2 Å². The third-order valence-electron chi connectivity index (χ3n) is 4.77. The highest BCUT2D eigenvalue weighted by Crippen LogP contribution is 2.34. The number of fused-ring (bicyclic) bond motifs is 1. The van der Waals surface area contributed by atoms with Gasteiger partial charge >= 0.3 is 0 Å². The first-order valence-electron chi connectivity index (χ1n) is 9.42. The van der Waals surface area contributed by atoms with Crippen LogP contribution in [0.15, 0.2) is 47.1 Å². The van der Waals surface area contributed by atoms with E-state index in [0.29, 0.717) is 17.9 Å². The molecule has 0 spiro atoms. The van der Waals surface area contributed by atoms with Gasteiger partial charge in [0, 0.05) is 45.8 Å². The summed E-state index contributed by atoms with van der Waals surface area (Å²) in [5.74, 6) is 0.339. The maximum atomic E-state index is 14.8. The molecule has 2 aromatic carbocycles. The van der Waals surface area contributed by atoms with Crippen molar-refractivity contribution >= 4 is 26.8 Å². The summed E-state index contributed by atoms with van der Waals surface area (Å²) in [5, 5.41) is 4.18. The van der Waals surface area contributed by atoms with Crippen molar-refractivity contribution in [1.29, 1.82) is 0 Å². The molecule has 0 aliphatic heterocycles. The van der Waals surface area contributed by atoms with Gasteiger partial charge in [-0.1, -0.05) is 34.8 Å². The zero-order valence-corrected chi connectivity index (χ0v) is 17.5. The molecule has 3 aromatic rings. The molecule has 1 aromatic heterocycles. The maximum absolute atomic E-state index is 14.8. The highest BCUT2D eigenvalue weighted by molar-refractivity contribution is 9.10. The van der Waals surface area contributed by atoms with Crippen LogP contribution in [0.5, 0.6) is 5.75 Å². The Morgan fingerprint density at radius 2 is 1.85 bits per heavy atom. The highest BCUT2D eigenvalue weighted by atomic mass is 79.9. The smallest absolute Gasteiger partial charge is 0.134 e. The van der Waals surface area contributed by atoms with Gasteiger partial charge in [-0.05, 0) is 50.7 Å². The van der Waals surface area contributed by atoms with Crippen LogP contribution < -0.4 is 10.1 Å². The molecule has 1 N–H and O–H groups in total.